The molecule has 2 N–H and O–H groups in total. The lowest BCUT2D eigenvalue weighted by molar-refractivity contribution is 0.580. The first-order valence-electron chi connectivity index (χ1n) is 5.20. The molecule has 0 aliphatic carbocycles. The second-order valence-electron chi connectivity index (χ2n) is 3.59. The maximum atomic E-state index is 4.45. The highest BCUT2D eigenvalue weighted by Gasteiger charge is 2.15. The van der Waals surface area contributed by atoms with Crippen molar-refractivity contribution in [2.24, 2.45) is 0 Å². The van der Waals surface area contributed by atoms with Crippen LogP contribution in [-0.4, -0.2) is 46.3 Å². The number of nitrogens with one attached hydrogen (secondary N) is 2. The van der Waals surface area contributed by atoms with Gasteiger partial charge in [0.15, 0.2) is 5.82 Å². The number of rotatable bonds is 2. The molecule has 3 heterocycles. The lowest BCUT2D eigenvalue weighted by Crippen LogP contribution is -2.44. The van der Waals surface area contributed by atoms with Crippen LogP contribution in [0.3, 0.4) is 0 Å². The summed E-state index contributed by atoms with van der Waals surface area (Å²) in [5.41, 5.74) is 2.65. The van der Waals surface area contributed by atoms with E-state index in [9.17, 15) is 0 Å². The van der Waals surface area contributed by atoms with Crippen LogP contribution in [0.4, 0.5) is 5.95 Å². The van der Waals surface area contributed by atoms with Crippen LogP contribution in [0.2, 0.25) is 0 Å². The maximum absolute atomic E-state index is 4.45. The molecule has 3 rings (SSSR count). The predicted octanol–water partition coefficient (Wildman–Crippen LogP) is 0.338. The molecule has 6 nitrogen and oxygen atoms in total. The Balaban J connectivity index is 1.82. The Bertz CT molecular complexity index is 444. The molecule has 84 valence electrons. The first-order chi connectivity index (χ1) is 7.93. The average molecular weight is 236 g/mol. The fourth-order valence-electron chi connectivity index (χ4n) is 1.70. The van der Waals surface area contributed by atoms with Crippen LogP contribution in [-0.2, 0) is 0 Å². The van der Waals surface area contributed by atoms with Crippen LogP contribution < -0.4 is 10.2 Å². The number of anilines is 1. The fraction of sp³-hybridized carbons (Fsp3) is 0.444. The molecule has 0 bridgehead atoms. The summed E-state index contributed by atoms with van der Waals surface area (Å²) in [5.74, 6) is 1.51. The van der Waals surface area contributed by atoms with E-state index in [1.165, 1.54) is 0 Å². The molecule has 2 aromatic rings. The third-order valence-corrected chi connectivity index (χ3v) is 3.13. The fourth-order valence-corrected chi connectivity index (χ4v) is 2.24. The Morgan fingerprint density at radius 3 is 2.94 bits per heavy atom. The number of thiazole rings is 1. The standard InChI is InChI=1S/C9H12N6S/c1-3-15(4-2-10-1)9-12-8(13-14-9)7-5-16-6-11-7/h5-6,10H,1-4H2,(H,12,13,14). The third kappa shape index (κ3) is 1.79. The number of aromatic nitrogens is 4. The lowest BCUT2D eigenvalue weighted by atomic mass is 10.4. The number of hydrogen-bond acceptors (Lipinski definition) is 6. The summed E-state index contributed by atoms with van der Waals surface area (Å²) >= 11 is 1.56. The average Bonchev–Trinajstić information content (AvgIpc) is 3.01. The van der Waals surface area contributed by atoms with Crippen molar-refractivity contribution in [3.05, 3.63) is 10.9 Å². The van der Waals surface area contributed by atoms with Crippen LogP contribution in [0, 0.1) is 0 Å². The minimum atomic E-state index is 0.745. The number of aromatic amines is 1. The Kier molecular flexibility index (Phi) is 2.55. The smallest absolute Gasteiger partial charge is 0.245 e. The third-order valence-electron chi connectivity index (χ3n) is 2.55. The van der Waals surface area contributed by atoms with E-state index in [0.717, 1.165) is 43.6 Å². The Hall–Kier alpha value is -1.47. The molecule has 1 aliphatic rings. The summed E-state index contributed by atoms with van der Waals surface area (Å²) in [6, 6.07) is 0. The molecule has 0 spiro atoms. The molecule has 0 unspecified atom stereocenters. The molecule has 0 atom stereocenters. The van der Waals surface area contributed by atoms with E-state index in [4.69, 9.17) is 0 Å². The van der Waals surface area contributed by atoms with Gasteiger partial charge in [0.25, 0.3) is 0 Å². The van der Waals surface area contributed by atoms with Crippen molar-refractivity contribution in [1.82, 2.24) is 25.5 Å². The summed E-state index contributed by atoms with van der Waals surface area (Å²) in [6.07, 6.45) is 0. The van der Waals surface area contributed by atoms with Crippen molar-refractivity contribution in [3.63, 3.8) is 0 Å². The zero-order valence-electron chi connectivity index (χ0n) is 8.68. The van der Waals surface area contributed by atoms with Gasteiger partial charge in [0.2, 0.25) is 5.95 Å². The van der Waals surface area contributed by atoms with Crippen LogP contribution in [0.5, 0.6) is 0 Å². The zero-order valence-corrected chi connectivity index (χ0v) is 9.50. The second-order valence-corrected chi connectivity index (χ2v) is 4.31. The Labute approximate surface area is 96.7 Å². The molecule has 0 saturated carbocycles. The quantitative estimate of drug-likeness (QED) is 0.787. The Morgan fingerprint density at radius 1 is 1.31 bits per heavy atom. The molecule has 2 aromatic heterocycles. The van der Waals surface area contributed by atoms with Gasteiger partial charge < -0.3 is 10.2 Å². The first-order valence-corrected chi connectivity index (χ1v) is 6.14. The van der Waals surface area contributed by atoms with Crippen molar-refractivity contribution in [1.29, 1.82) is 0 Å². The van der Waals surface area contributed by atoms with Gasteiger partial charge in [-0.2, -0.15) is 4.98 Å². The van der Waals surface area contributed by atoms with Crippen LogP contribution in [0.25, 0.3) is 11.5 Å². The van der Waals surface area contributed by atoms with Gasteiger partial charge in [0.1, 0.15) is 5.69 Å². The van der Waals surface area contributed by atoms with E-state index in [1.54, 1.807) is 16.8 Å². The van der Waals surface area contributed by atoms with Gasteiger partial charge in [0, 0.05) is 31.6 Å². The van der Waals surface area contributed by atoms with Crippen molar-refractivity contribution in [2.45, 2.75) is 0 Å². The molecule has 0 aromatic carbocycles. The predicted molar refractivity (Wildman–Crippen MR) is 62.6 cm³/mol. The Morgan fingerprint density at radius 2 is 2.19 bits per heavy atom. The first kappa shape index (κ1) is 9.73. The summed E-state index contributed by atoms with van der Waals surface area (Å²) < 4.78 is 0. The number of piperazine rings is 1. The number of nitrogens with zero attached hydrogens (tertiary/aromatic N) is 4. The van der Waals surface area contributed by atoms with Gasteiger partial charge in [0.05, 0.1) is 5.51 Å². The second kappa shape index (κ2) is 4.18. The largest absolute Gasteiger partial charge is 0.337 e. The minimum Gasteiger partial charge on any atom is -0.337 e. The minimum absolute atomic E-state index is 0.745. The molecule has 16 heavy (non-hydrogen) atoms. The van der Waals surface area contributed by atoms with E-state index in [-0.39, 0.29) is 0 Å². The topological polar surface area (TPSA) is 69.7 Å². The van der Waals surface area contributed by atoms with E-state index in [2.05, 4.69) is 30.4 Å². The van der Waals surface area contributed by atoms with Gasteiger partial charge in [-0.1, -0.05) is 0 Å². The molecule has 0 amide bonds. The van der Waals surface area contributed by atoms with Gasteiger partial charge in [-0.25, -0.2) is 4.98 Å². The summed E-state index contributed by atoms with van der Waals surface area (Å²) in [7, 11) is 0. The number of hydrogen-bond donors (Lipinski definition) is 2. The molecule has 1 fully saturated rings. The normalized spacial score (nSPS) is 16.6. The van der Waals surface area contributed by atoms with Gasteiger partial charge in [-0.15, -0.1) is 16.4 Å². The molecule has 1 aliphatic heterocycles. The van der Waals surface area contributed by atoms with Crippen molar-refractivity contribution < 1.29 is 0 Å². The van der Waals surface area contributed by atoms with E-state index >= 15 is 0 Å². The van der Waals surface area contributed by atoms with Crippen LogP contribution >= 0.6 is 11.3 Å². The van der Waals surface area contributed by atoms with Crippen molar-refractivity contribution in [3.8, 4) is 11.5 Å². The highest BCUT2D eigenvalue weighted by atomic mass is 32.1. The number of H-pyrrole nitrogens is 1. The van der Waals surface area contributed by atoms with E-state index in [0.29, 0.717) is 0 Å². The van der Waals surface area contributed by atoms with Crippen LogP contribution in [0.15, 0.2) is 10.9 Å². The summed E-state index contributed by atoms with van der Waals surface area (Å²) in [4.78, 5) is 10.8. The maximum Gasteiger partial charge on any atom is 0.245 e. The lowest BCUT2D eigenvalue weighted by Gasteiger charge is -2.25. The van der Waals surface area contributed by atoms with Crippen LogP contribution in [0.1, 0.15) is 0 Å². The van der Waals surface area contributed by atoms with Gasteiger partial charge in [-0.3, -0.25) is 5.10 Å². The van der Waals surface area contributed by atoms with E-state index < -0.39 is 0 Å². The molecular weight excluding hydrogens is 224 g/mol. The molecular formula is C9H12N6S. The van der Waals surface area contributed by atoms with Crippen molar-refractivity contribution >= 4 is 17.3 Å². The summed E-state index contributed by atoms with van der Waals surface area (Å²) in [5, 5.41) is 12.4. The van der Waals surface area contributed by atoms with Crippen molar-refractivity contribution in [2.75, 3.05) is 31.1 Å². The van der Waals surface area contributed by atoms with Gasteiger partial charge >= 0.3 is 0 Å². The zero-order chi connectivity index (χ0) is 10.8. The SMILES string of the molecule is c1nc(-c2nc(N3CCNCC3)n[nH]2)cs1. The monoisotopic (exact) mass is 236 g/mol. The summed E-state index contributed by atoms with van der Waals surface area (Å²) in [6.45, 7) is 3.88. The highest BCUT2D eigenvalue weighted by Crippen LogP contribution is 2.17. The van der Waals surface area contributed by atoms with E-state index in [1.807, 2.05) is 5.38 Å². The molecule has 1 saturated heterocycles. The molecule has 7 heteroatoms. The highest BCUT2D eigenvalue weighted by molar-refractivity contribution is 7.07. The molecule has 0 radical (unpaired) electrons. The van der Waals surface area contributed by atoms with Gasteiger partial charge in [-0.05, 0) is 0 Å².